The maximum absolute atomic E-state index is 12.3. The van der Waals surface area contributed by atoms with Gasteiger partial charge in [0.1, 0.15) is 5.75 Å². The molecule has 0 saturated carbocycles. The number of carbonyl (C=O) groups excluding carboxylic acids is 1. The number of carbonyl (C=O) groups is 1. The lowest BCUT2D eigenvalue weighted by molar-refractivity contribution is -0.119. The van der Waals surface area contributed by atoms with E-state index < -0.39 is 6.04 Å². The van der Waals surface area contributed by atoms with Crippen molar-refractivity contribution in [3.63, 3.8) is 0 Å². The van der Waals surface area contributed by atoms with Gasteiger partial charge in [0.15, 0.2) is 11.5 Å². The summed E-state index contributed by atoms with van der Waals surface area (Å²) in [7, 11) is 1.60. The van der Waals surface area contributed by atoms with Crippen LogP contribution < -0.4 is 20.5 Å². The first-order valence-corrected chi connectivity index (χ1v) is 8.72. The monoisotopic (exact) mass is 392 g/mol. The molecule has 0 bridgehead atoms. The number of nitrogens with two attached hydrogens (primary N) is 1. The van der Waals surface area contributed by atoms with E-state index in [9.17, 15) is 4.79 Å². The number of benzene rings is 2. The normalized spacial score (nSPS) is 15.3. The highest BCUT2D eigenvalue weighted by Gasteiger charge is 2.26. The number of rotatable bonds is 6. The van der Waals surface area contributed by atoms with Crippen LogP contribution in [0.5, 0.6) is 17.2 Å². The summed E-state index contributed by atoms with van der Waals surface area (Å²) in [4.78, 5) is 12.3. The van der Waals surface area contributed by atoms with Gasteiger partial charge >= 0.3 is 0 Å². The maximum Gasteiger partial charge on any atom is 0.241 e. The third-order valence-electron chi connectivity index (χ3n) is 4.50. The van der Waals surface area contributed by atoms with E-state index in [1.165, 1.54) is 0 Å². The second-order valence-electron chi connectivity index (χ2n) is 6.24. The Morgan fingerprint density at radius 2 is 1.74 bits per heavy atom. The molecule has 1 aliphatic heterocycles. The standard InChI is InChI=1S/C20H24N2O4.ClH/c1-24-17-4-2-3-5-18(17)26-16-8-6-15(7-9-16)22-20(23)19(21)14-10-12-25-13-11-14;/h2-9,14,19H,10-13,21H2,1H3,(H,22,23);1H. The van der Waals surface area contributed by atoms with Crippen LogP contribution in [0, 0.1) is 5.92 Å². The Hall–Kier alpha value is -2.28. The second kappa shape index (κ2) is 10.2. The molecular formula is C20H25ClN2O4. The molecule has 1 saturated heterocycles. The molecule has 0 aromatic heterocycles. The minimum absolute atomic E-state index is 0. The topological polar surface area (TPSA) is 82.8 Å². The van der Waals surface area contributed by atoms with Crippen molar-refractivity contribution in [2.75, 3.05) is 25.6 Å². The highest BCUT2D eigenvalue weighted by atomic mass is 35.5. The third-order valence-corrected chi connectivity index (χ3v) is 4.50. The Morgan fingerprint density at radius 1 is 1.11 bits per heavy atom. The molecule has 1 atom stereocenters. The summed E-state index contributed by atoms with van der Waals surface area (Å²) in [5.41, 5.74) is 6.78. The van der Waals surface area contributed by atoms with E-state index >= 15 is 0 Å². The van der Waals surface area contributed by atoms with Gasteiger partial charge in [0.25, 0.3) is 0 Å². The van der Waals surface area contributed by atoms with E-state index in [2.05, 4.69) is 5.32 Å². The van der Waals surface area contributed by atoms with Gasteiger partial charge in [-0.2, -0.15) is 0 Å². The second-order valence-corrected chi connectivity index (χ2v) is 6.24. The average molecular weight is 393 g/mol. The summed E-state index contributed by atoms with van der Waals surface area (Å²) in [6.45, 7) is 1.33. The van der Waals surface area contributed by atoms with Crippen molar-refractivity contribution in [3.05, 3.63) is 48.5 Å². The molecule has 1 heterocycles. The van der Waals surface area contributed by atoms with Gasteiger partial charge in [-0.25, -0.2) is 0 Å². The zero-order valence-electron chi connectivity index (χ0n) is 15.2. The van der Waals surface area contributed by atoms with Crippen LogP contribution in [0.25, 0.3) is 0 Å². The Labute approximate surface area is 165 Å². The van der Waals surface area contributed by atoms with Crippen molar-refractivity contribution in [2.45, 2.75) is 18.9 Å². The molecule has 1 amide bonds. The fourth-order valence-corrected chi connectivity index (χ4v) is 2.95. The summed E-state index contributed by atoms with van der Waals surface area (Å²) >= 11 is 0. The number of ether oxygens (including phenoxy) is 3. The number of hydrogen-bond acceptors (Lipinski definition) is 5. The third kappa shape index (κ3) is 5.60. The predicted octanol–water partition coefficient (Wildman–Crippen LogP) is 3.60. The Kier molecular flexibility index (Phi) is 7.91. The molecule has 0 radical (unpaired) electrons. The van der Waals surface area contributed by atoms with Crippen LogP contribution in [0.4, 0.5) is 5.69 Å². The SMILES string of the molecule is COc1ccccc1Oc1ccc(NC(=O)C(N)C2CCOCC2)cc1.Cl. The molecule has 2 aromatic carbocycles. The number of para-hydroxylation sites is 2. The van der Waals surface area contributed by atoms with Crippen LogP contribution in [-0.2, 0) is 9.53 Å². The summed E-state index contributed by atoms with van der Waals surface area (Å²) in [5.74, 6) is 1.94. The zero-order valence-corrected chi connectivity index (χ0v) is 16.0. The number of methoxy groups -OCH3 is 1. The molecule has 3 rings (SSSR count). The number of nitrogens with one attached hydrogen (secondary N) is 1. The largest absolute Gasteiger partial charge is 0.493 e. The van der Waals surface area contributed by atoms with Crippen LogP contribution in [0.2, 0.25) is 0 Å². The summed E-state index contributed by atoms with van der Waals surface area (Å²) in [6.07, 6.45) is 1.64. The predicted molar refractivity (Wildman–Crippen MR) is 107 cm³/mol. The minimum atomic E-state index is -0.525. The lowest BCUT2D eigenvalue weighted by Crippen LogP contribution is -2.43. The lowest BCUT2D eigenvalue weighted by Gasteiger charge is -2.26. The molecule has 146 valence electrons. The Morgan fingerprint density at radius 3 is 2.37 bits per heavy atom. The molecule has 6 nitrogen and oxygen atoms in total. The number of halogens is 1. The molecule has 27 heavy (non-hydrogen) atoms. The van der Waals surface area contributed by atoms with Gasteiger partial charge in [0.05, 0.1) is 13.2 Å². The van der Waals surface area contributed by atoms with Crippen molar-refractivity contribution in [1.82, 2.24) is 0 Å². The molecule has 1 aliphatic rings. The highest BCUT2D eigenvalue weighted by molar-refractivity contribution is 5.94. The molecular weight excluding hydrogens is 368 g/mol. The fraction of sp³-hybridized carbons (Fsp3) is 0.350. The van der Waals surface area contributed by atoms with Gasteiger partial charge in [-0.3, -0.25) is 4.79 Å². The highest BCUT2D eigenvalue weighted by Crippen LogP contribution is 2.31. The molecule has 7 heteroatoms. The number of amides is 1. The molecule has 1 fully saturated rings. The van der Waals surface area contributed by atoms with Gasteiger partial charge in [0, 0.05) is 18.9 Å². The maximum atomic E-state index is 12.3. The van der Waals surface area contributed by atoms with Crippen LogP contribution >= 0.6 is 12.4 Å². The van der Waals surface area contributed by atoms with E-state index in [1.807, 2.05) is 24.3 Å². The van der Waals surface area contributed by atoms with Crippen LogP contribution in [0.15, 0.2) is 48.5 Å². The van der Waals surface area contributed by atoms with Crippen molar-refractivity contribution in [3.8, 4) is 17.2 Å². The van der Waals surface area contributed by atoms with Gasteiger partial charge in [-0.1, -0.05) is 12.1 Å². The van der Waals surface area contributed by atoms with Gasteiger partial charge in [0.2, 0.25) is 5.91 Å². The van der Waals surface area contributed by atoms with Crippen molar-refractivity contribution >= 4 is 24.0 Å². The Bertz CT molecular complexity index is 733. The quantitative estimate of drug-likeness (QED) is 0.784. The van der Waals surface area contributed by atoms with Crippen LogP contribution in [0.3, 0.4) is 0 Å². The van der Waals surface area contributed by atoms with Gasteiger partial charge in [-0.05, 0) is 55.2 Å². The lowest BCUT2D eigenvalue weighted by atomic mass is 9.92. The number of anilines is 1. The summed E-state index contributed by atoms with van der Waals surface area (Å²) in [6, 6.07) is 14.1. The van der Waals surface area contributed by atoms with Crippen molar-refractivity contribution in [1.29, 1.82) is 0 Å². The van der Waals surface area contributed by atoms with Gasteiger partial charge < -0.3 is 25.3 Å². The Balaban J connectivity index is 0.00000261. The zero-order chi connectivity index (χ0) is 18.4. The van der Waals surface area contributed by atoms with E-state index in [4.69, 9.17) is 19.9 Å². The molecule has 2 aromatic rings. The molecule has 3 N–H and O–H groups in total. The van der Waals surface area contributed by atoms with E-state index in [1.54, 1.807) is 31.4 Å². The van der Waals surface area contributed by atoms with E-state index in [0.29, 0.717) is 36.1 Å². The first-order chi connectivity index (χ1) is 12.7. The summed E-state index contributed by atoms with van der Waals surface area (Å²) in [5, 5.41) is 2.87. The van der Waals surface area contributed by atoms with E-state index in [0.717, 1.165) is 12.8 Å². The average Bonchev–Trinajstić information content (AvgIpc) is 2.70. The number of hydrogen-bond donors (Lipinski definition) is 2. The van der Waals surface area contributed by atoms with Gasteiger partial charge in [-0.15, -0.1) is 12.4 Å². The minimum Gasteiger partial charge on any atom is -0.493 e. The molecule has 0 aliphatic carbocycles. The first kappa shape index (κ1) is 21.0. The van der Waals surface area contributed by atoms with E-state index in [-0.39, 0.29) is 24.2 Å². The van der Waals surface area contributed by atoms with Crippen molar-refractivity contribution < 1.29 is 19.0 Å². The van der Waals surface area contributed by atoms with Crippen LogP contribution in [-0.4, -0.2) is 32.3 Å². The summed E-state index contributed by atoms with van der Waals surface area (Å²) < 4.78 is 16.4. The van der Waals surface area contributed by atoms with Crippen LogP contribution in [0.1, 0.15) is 12.8 Å². The molecule has 0 spiro atoms. The smallest absolute Gasteiger partial charge is 0.241 e. The fourth-order valence-electron chi connectivity index (χ4n) is 2.95. The van der Waals surface area contributed by atoms with Crippen molar-refractivity contribution in [2.24, 2.45) is 11.7 Å². The molecule has 1 unspecified atom stereocenters. The first-order valence-electron chi connectivity index (χ1n) is 8.72.